The lowest BCUT2D eigenvalue weighted by atomic mass is 10.2. The van der Waals surface area contributed by atoms with Crippen molar-refractivity contribution in [2.24, 2.45) is 5.14 Å². The van der Waals surface area contributed by atoms with Crippen LogP contribution < -0.4 is 9.88 Å². The fraction of sp³-hybridized carbons (Fsp3) is 0. The quantitative estimate of drug-likeness (QED) is 0.808. The molecule has 1 heterocycles. The first-order valence-corrected chi connectivity index (χ1v) is 6.71. The first-order valence-electron chi connectivity index (χ1n) is 4.34. The lowest BCUT2D eigenvalue weighted by molar-refractivity contribution is 0.144. The van der Waals surface area contributed by atoms with E-state index in [9.17, 15) is 13.2 Å². The molecule has 0 spiro atoms. The van der Waals surface area contributed by atoms with Crippen molar-refractivity contribution in [1.82, 2.24) is 0 Å². The Hall–Kier alpha value is -1.64. The minimum Gasteiger partial charge on any atom is -0.449 e. The molecule has 17 heavy (non-hydrogen) atoms. The van der Waals surface area contributed by atoms with E-state index < -0.39 is 16.2 Å². The molecule has 8 heteroatoms. The molecule has 0 saturated carbocycles. The predicted octanol–water partition coefficient (Wildman–Crippen LogP) is 1.61. The average molecular weight is 273 g/mol. The topological polar surface area (TPSA) is 107 Å². The Kier molecular flexibility index (Phi) is 2.77. The van der Waals surface area contributed by atoms with Gasteiger partial charge in [0.05, 0.1) is 0 Å². The van der Waals surface area contributed by atoms with E-state index in [4.69, 9.17) is 10.2 Å². The summed E-state index contributed by atoms with van der Waals surface area (Å²) in [6, 6.07) is 6.58. The van der Waals surface area contributed by atoms with Crippen LogP contribution in [0, 0.1) is 0 Å². The number of sulfonamides is 1. The second kappa shape index (κ2) is 3.99. The van der Waals surface area contributed by atoms with Gasteiger partial charge in [-0.2, -0.15) is 0 Å². The van der Waals surface area contributed by atoms with Gasteiger partial charge in [0.2, 0.25) is 0 Å². The Morgan fingerprint density at radius 2 is 2.00 bits per heavy atom. The van der Waals surface area contributed by atoms with Crippen LogP contribution >= 0.6 is 11.3 Å². The maximum Gasteiger partial charge on any atom is 0.511 e. The first-order chi connectivity index (χ1) is 7.89. The maximum absolute atomic E-state index is 11.3. The van der Waals surface area contributed by atoms with Gasteiger partial charge in [0, 0.05) is 10.1 Å². The average Bonchev–Trinajstić information content (AvgIpc) is 2.56. The van der Waals surface area contributed by atoms with Crippen molar-refractivity contribution in [2.45, 2.75) is 4.21 Å². The molecular formula is C9H7NO5S2. The maximum atomic E-state index is 11.3. The highest BCUT2D eigenvalue weighted by molar-refractivity contribution is 7.91. The summed E-state index contributed by atoms with van der Waals surface area (Å²) in [6.07, 6.45) is -1.58. The Bertz CT molecular complexity index is 688. The van der Waals surface area contributed by atoms with Gasteiger partial charge in [0.15, 0.2) is 9.96 Å². The van der Waals surface area contributed by atoms with Gasteiger partial charge in [-0.1, -0.05) is 12.1 Å². The number of carboxylic acid groups (broad SMARTS) is 1. The van der Waals surface area contributed by atoms with E-state index in [0.717, 1.165) is 11.3 Å². The molecular weight excluding hydrogens is 266 g/mol. The lowest BCUT2D eigenvalue weighted by Crippen LogP contribution is -2.13. The highest BCUT2D eigenvalue weighted by Crippen LogP contribution is 2.40. The minimum absolute atomic E-state index is 0.236. The van der Waals surface area contributed by atoms with Crippen LogP contribution in [0.2, 0.25) is 0 Å². The summed E-state index contributed by atoms with van der Waals surface area (Å²) in [5, 5.41) is 14.0. The molecule has 0 unspecified atom stereocenters. The van der Waals surface area contributed by atoms with E-state index >= 15 is 0 Å². The number of nitrogens with two attached hydrogens (primary N) is 1. The molecule has 0 aliphatic heterocycles. The standard InChI is InChI=1S/C9H7NO5S2/c10-17(13,14)8-7(15-9(11)12)5-3-1-2-4-6(5)16-8/h1-4H,(H,11,12)(H2,10,13,14). The van der Waals surface area contributed by atoms with E-state index in [-0.39, 0.29) is 9.96 Å². The number of rotatable bonds is 2. The minimum atomic E-state index is -4.01. The van der Waals surface area contributed by atoms with Crippen molar-refractivity contribution in [2.75, 3.05) is 0 Å². The third kappa shape index (κ3) is 2.23. The molecule has 0 saturated heterocycles. The highest BCUT2D eigenvalue weighted by atomic mass is 32.2. The molecule has 2 aromatic rings. The molecule has 1 aromatic carbocycles. The van der Waals surface area contributed by atoms with E-state index in [1.807, 2.05) is 0 Å². The van der Waals surface area contributed by atoms with Crippen LogP contribution in [0.15, 0.2) is 28.5 Å². The summed E-state index contributed by atoms with van der Waals surface area (Å²) in [5.74, 6) is -0.236. The molecule has 0 aliphatic rings. The van der Waals surface area contributed by atoms with Crippen molar-refractivity contribution in [3.05, 3.63) is 24.3 Å². The monoisotopic (exact) mass is 273 g/mol. The number of ether oxygens (including phenoxy) is 1. The second-order valence-corrected chi connectivity index (χ2v) is 5.94. The Labute approximate surface area is 100 Å². The number of fused-ring (bicyclic) bond motifs is 1. The highest BCUT2D eigenvalue weighted by Gasteiger charge is 2.23. The molecule has 90 valence electrons. The predicted molar refractivity (Wildman–Crippen MR) is 61.9 cm³/mol. The van der Waals surface area contributed by atoms with E-state index in [2.05, 4.69) is 4.74 Å². The normalized spacial score (nSPS) is 11.6. The molecule has 0 radical (unpaired) electrons. The van der Waals surface area contributed by atoms with Gasteiger partial charge >= 0.3 is 6.16 Å². The third-order valence-electron chi connectivity index (χ3n) is 1.97. The fourth-order valence-electron chi connectivity index (χ4n) is 1.37. The number of carbonyl (C=O) groups is 1. The van der Waals surface area contributed by atoms with Gasteiger partial charge in [-0.15, -0.1) is 11.3 Å². The molecule has 3 N–H and O–H groups in total. The summed E-state index contributed by atoms with van der Waals surface area (Å²) in [6.45, 7) is 0. The van der Waals surface area contributed by atoms with Gasteiger partial charge in [-0.05, 0) is 12.1 Å². The number of thiophene rings is 1. The van der Waals surface area contributed by atoms with Crippen LogP contribution in [-0.2, 0) is 10.0 Å². The zero-order chi connectivity index (χ0) is 12.6. The summed E-state index contributed by atoms with van der Waals surface area (Å²) in [5.41, 5.74) is 0. The number of benzene rings is 1. The molecule has 0 amide bonds. The SMILES string of the molecule is NS(=O)(=O)c1sc2ccccc2c1OC(=O)O. The molecule has 0 atom stereocenters. The molecule has 2 rings (SSSR count). The third-order valence-corrected chi connectivity index (χ3v) is 4.56. The zero-order valence-electron chi connectivity index (χ0n) is 8.28. The largest absolute Gasteiger partial charge is 0.511 e. The van der Waals surface area contributed by atoms with E-state index in [0.29, 0.717) is 10.1 Å². The summed E-state index contributed by atoms with van der Waals surface area (Å²) >= 11 is 0.872. The Morgan fingerprint density at radius 3 is 2.59 bits per heavy atom. The zero-order valence-corrected chi connectivity index (χ0v) is 9.92. The Morgan fingerprint density at radius 1 is 1.35 bits per heavy atom. The number of primary sulfonamides is 1. The number of hydrogen-bond acceptors (Lipinski definition) is 5. The van der Waals surface area contributed by atoms with Crippen LogP contribution in [0.4, 0.5) is 4.79 Å². The van der Waals surface area contributed by atoms with E-state index in [1.165, 1.54) is 0 Å². The second-order valence-electron chi connectivity index (χ2n) is 3.13. The van der Waals surface area contributed by atoms with Crippen molar-refractivity contribution in [3.63, 3.8) is 0 Å². The van der Waals surface area contributed by atoms with Gasteiger partial charge in [-0.25, -0.2) is 18.4 Å². The van der Waals surface area contributed by atoms with E-state index in [1.54, 1.807) is 24.3 Å². The van der Waals surface area contributed by atoms with Crippen molar-refractivity contribution >= 4 is 37.6 Å². The van der Waals surface area contributed by atoms with Crippen molar-refractivity contribution < 1.29 is 23.1 Å². The molecule has 0 aliphatic carbocycles. The van der Waals surface area contributed by atoms with Crippen LogP contribution in [-0.4, -0.2) is 19.7 Å². The van der Waals surface area contributed by atoms with Gasteiger partial charge in [0.25, 0.3) is 10.0 Å². The van der Waals surface area contributed by atoms with Crippen LogP contribution in [0.5, 0.6) is 5.75 Å². The summed E-state index contributed by atoms with van der Waals surface area (Å²) in [4.78, 5) is 10.5. The van der Waals surface area contributed by atoms with Gasteiger partial charge < -0.3 is 9.84 Å². The van der Waals surface area contributed by atoms with Gasteiger partial charge in [0.1, 0.15) is 0 Å². The Balaban J connectivity index is 2.78. The lowest BCUT2D eigenvalue weighted by Gasteiger charge is -2.00. The smallest absolute Gasteiger partial charge is 0.449 e. The molecule has 6 nitrogen and oxygen atoms in total. The van der Waals surface area contributed by atoms with Crippen LogP contribution in [0.1, 0.15) is 0 Å². The van der Waals surface area contributed by atoms with Crippen molar-refractivity contribution in [3.8, 4) is 5.75 Å². The fourth-order valence-corrected chi connectivity index (χ4v) is 3.38. The van der Waals surface area contributed by atoms with Crippen molar-refractivity contribution in [1.29, 1.82) is 0 Å². The van der Waals surface area contributed by atoms with Crippen LogP contribution in [0.3, 0.4) is 0 Å². The molecule has 0 bridgehead atoms. The van der Waals surface area contributed by atoms with Gasteiger partial charge in [-0.3, -0.25) is 0 Å². The summed E-state index contributed by atoms with van der Waals surface area (Å²) in [7, 11) is -4.01. The molecule has 1 aromatic heterocycles. The first kappa shape index (κ1) is 11.8. The van der Waals surface area contributed by atoms with Crippen LogP contribution in [0.25, 0.3) is 10.1 Å². The summed E-state index contributed by atoms with van der Waals surface area (Å²) < 4.78 is 27.4. The number of hydrogen-bond donors (Lipinski definition) is 2. The molecule has 0 fully saturated rings.